The third-order valence-electron chi connectivity index (χ3n) is 5.59. The van der Waals surface area contributed by atoms with E-state index in [-0.39, 0.29) is 18.0 Å². The molecule has 0 radical (unpaired) electrons. The Hall–Kier alpha value is -3.29. The third kappa shape index (κ3) is 4.90. The van der Waals surface area contributed by atoms with Gasteiger partial charge in [0.15, 0.2) is 0 Å². The summed E-state index contributed by atoms with van der Waals surface area (Å²) in [6.45, 7) is 4.19. The highest BCUT2D eigenvalue weighted by Gasteiger charge is 2.43. The molecule has 0 aliphatic carbocycles. The Morgan fingerprint density at radius 2 is 1.97 bits per heavy atom. The quantitative estimate of drug-likeness (QED) is 0.770. The number of carbonyl (C=O) groups is 2. The number of nitrogens with zero attached hydrogens (tertiary/aromatic N) is 3. The van der Waals surface area contributed by atoms with E-state index in [1.807, 2.05) is 36.1 Å². The summed E-state index contributed by atoms with van der Waals surface area (Å²) in [4.78, 5) is 33.9. The summed E-state index contributed by atoms with van der Waals surface area (Å²) >= 11 is 0. The molecule has 3 heterocycles. The molecule has 2 atom stereocenters. The number of carbonyl (C=O) groups excluding carboxylic acids is 2. The molecule has 2 aliphatic heterocycles. The average Bonchev–Trinajstić information content (AvgIpc) is 3.46. The van der Waals surface area contributed by atoms with Crippen LogP contribution in [-0.2, 0) is 4.79 Å². The van der Waals surface area contributed by atoms with Gasteiger partial charge in [-0.25, -0.2) is 4.79 Å². The lowest BCUT2D eigenvalue weighted by molar-refractivity contribution is -0.134. The molecule has 3 amide bonds. The molecule has 2 aliphatic rings. The van der Waals surface area contributed by atoms with Gasteiger partial charge in [0.2, 0.25) is 5.91 Å². The van der Waals surface area contributed by atoms with Crippen LogP contribution in [0, 0.1) is 0 Å². The predicted octanol–water partition coefficient (Wildman–Crippen LogP) is 3.16. The molecule has 1 aromatic carbocycles. The molecular formula is C23H28N4O4. The molecule has 8 heteroatoms. The van der Waals surface area contributed by atoms with E-state index in [9.17, 15) is 9.59 Å². The van der Waals surface area contributed by atoms with Gasteiger partial charge < -0.3 is 24.6 Å². The van der Waals surface area contributed by atoms with Gasteiger partial charge in [-0.15, -0.1) is 0 Å². The van der Waals surface area contributed by atoms with Crippen LogP contribution in [0.3, 0.4) is 0 Å². The first-order valence-electron chi connectivity index (χ1n) is 10.8. The zero-order valence-corrected chi connectivity index (χ0v) is 17.7. The molecule has 31 heavy (non-hydrogen) atoms. The van der Waals surface area contributed by atoms with Crippen LogP contribution in [0.5, 0.6) is 11.5 Å². The van der Waals surface area contributed by atoms with Crippen LogP contribution >= 0.6 is 0 Å². The molecule has 0 saturated carbocycles. The normalized spacial score (nSPS) is 20.5. The molecule has 8 nitrogen and oxygen atoms in total. The van der Waals surface area contributed by atoms with Gasteiger partial charge >= 0.3 is 6.03 Å². The van der Waals surface area contributed by atoms with Crippen LogP contribution < -0.4 is 14.8 Å². The van der Waals surface area contributed by atoms with Crippen molar-refractivity contribution in [2.45, 2.75) is 38.3 Å². The van der Waals surface area contributed by atoms with Crippen molar-refractivity contribution in [1.29, 1.82) is 0 Å². The van der Waals surface area contributed by atoms with E-state index in [1.54, 1.807) is 29.4 Å². The van der Waals surface area contributed by atoms with E-state index in [0.29, 0.717) is 36.8 Å². The lowest BCUT2D eigenvalue weighted by atomic mass is 10.1. The number of aromatic nitrogens is 1. The maximum Gasteiger partial charge on any atom is 0.322 e. The summed E-state index contributed by atoms with van der Waals surface area (Å²) in [6, 6.07) is 10.0. The topological polar surface area (TPSA) is 84.0 Å². The number of anilines is 1. The van der Waals surface area contributed by atoms with Crippen molar-refractivity contribution in [1.82, 2.24) is 14.8 Å². The highest BCUT2D eigenvalue weighted by atomic mass is 16.5. The highest BCUT2D eigenvalue weighted by molar-refractivity contribution is 5.95. The Bertz CT molecular complexity index is 901. The number of pyridine rings is 1. The molecule has 4 rings (SSSR count). The lowest BCUT2D eigenvalue weighted by Crippen LogP contribution is -2.48. The van der Waals surface area contributed by atoms with Crippen molar-refractivity contribution in [3.63, 3.8) is 0 Å². The summed E-state index contributed by atoms with van der Waals surface area (Å²) in [5, 5.41) is 2.92. The Morgan fingerprint density at radius 1 is 1.16 bits per heavy atom. The number of hydrogen-bond acceptors (Lipinski definition) is 5. The summed E-state index contributed by atoms with van der Waals surface area (Å²) in [6.07, 6.45) is 5.48. The molecule has 1 N–H and O–H groups in total. The fourth-order valence-electron chi connectivity index (χ4n) is 4.14. The minimum Gasteiger partial charge on any atom is -0.492 e. The van der Waals surface area contributed by atoms with Crippen molar-refractivity contribution in [2.24, 2.45) is 0 Å². The second kappa shape index (κ2) is 9.68. The third-order valence-corrected chi connectivity index (χ3v) is 5.59. The zero-order valence-electron chi connectivity index (χ0n) is 17.7. The van der Waals surface area contributed by atoms with Crippen LogP contribution in [0.1, 0.15) is 26.2 Å². The van der Waals surface area contributed by atoms with Gasteiger partial charge in [-0.1, -0.05) is 12.1 Å². The molecule has 1 aromatic heterocycles. The van der Waals surface area contributed by atoms with Crippen LogP contribution in [0.25, 0.3) is 0 Å². The SMILES string of the molecule is CCOc1ccccc1NC(=O)N1C[C@H](Oc2cccnc2)C[C@@H]1C(=O)N1CCCC1. The molecule has 164 valence electrons. The van der Waals surface area contributed by atoms with Crippen molar-refractivity contribution in [2.75, 3.05) is 31.6 Å². The predicted molar refractivity (Wildman–Crippen MR) is 116 cm³/mol. The molecule has 2 fully saturated rings. The largest absolute Gasteiger partial charge is 0.492 e. The van der Waals surface area contributed by atoms with Gasteiger partial charge in [0.1, 0.15) is 23.6 Å². The number of urea groups is 1. The fourth-order valence-corrected chi connectivity index (χ4v) is 4.14. The van der Waals surface area contributed by atoms with E-state index in [0.717, 1.165) is 25.9 Å². The van der Waals surface area contributed by atoms with E-state index in [4.69, 9.17) is 9.47 Å². The van der Waals surface area contributed by atoms with E-state index in [1.165, 1.54) is 0 Å². The number of para-hydroxylation sites is 2. The molecule has 0 spiro atoms. The molecular weight excluding hydrogens is 396 g/mol. The number of rotatable bonds is 6. The second-order valence-electron chi connectivity index (χ2n) is 7.72. The van der Waals surface area contributed by atoms with Crippen molar-refractivity contribution in [3.8, 4) is 11.5 Å². The average molecular weight is 425 g/mol. The number of nitrogens with one attached hydrogen (secondary N) is 1. The zero-order chi connectivity index (χ0) is 21.6. The van der Waals surface area contributed by atoms with Crippen LogP contribution in [0.15, 0.2) is 48.8 Å². The van der Waals surface area contributed by atoms with Crippen LogP contribution in [-0.4, -0.2) is 65.1 Å². The summed E-state index contributed by atoms with van der Waals surface area (Å²) < 4.78 is 11.6. The summed E-state index contributed by atoms with van der Waals surface area (Å²) in [5.74, 6) is 1.22. The number of hydrogen-bond donors (Lipinski definition) is 1. The minimum absolute atomic E-state index is 0.0111. The maximum atomic E-state index is 13.2. The van der Waals surface area contributed by atoms with Gasteiger partial charge in [-0.05, 0) is 44.0 Å². The van der Waals surface area contributed by atoms with Crippen LogP contribution in [0.4, 0.5) is 10.5 Å². The minimum atomic E-state index is -0.556. The van der Waals surface area contributed by atoms with E-state index >= 15 is 0 Å². The van der Waals surface area contributed by atoms with Gasteiger partial charge in [-0.3, -0.25) is 9.78 Å². The van der Waals surface area contributed by atoms with E-state index < -0.39 is 6.04 Å². The Morgan fingerprint density at radius 3 is 2.71 bits per heavy atom. The fraction of sp³-hybridized carbons (Fsp3) is 0.435. The van der Waals surface area contributed by atoms with E-state index in [2.05, 4.69) is 10.3 Å². The Labute approximate surface area is 182 Å². The first-order valence-corrected chi connectivity index (χ1v) is 10.8. The number of amides is 3. The first kappa shape index (κ1) is 21.0. The van der Waals surface area contributed by atoms with Crippen molar-refractivity contribution in [3.05, 3.63) is 48.8 Å². The summed E-state index contributed by atoms with van der Waals surface area (Å²) in [7, 11) is 0. The number of ether oxygens (including phenoxy) is 2. The molecule has 2 aromatic rings. The lowest BCUT2D eigenvalue weighted by Gasteiger charge is -2.27. The molecule has 0 unspecified atom stereocenters. The first-order chi connectivity index (χ1) is 15.2. The molecule has 0 bridgehead atoms. The van der Waals surface area contributed by atoms with Crippen molar-refractivity contribution >= 4 is 17.6 Å². The standard InChI is InChI=1S/C23H28N4O4/c1-2-30-21-10-4-3-9-19(21)25-23(29)27-16-18(31-17-8-7-11-24-15-17)14-20(27)22(28)26-12-5-6-13-26/h3-4,7-11,15,18,20H,2,5-6,12-14,16H2,1H3,(H,25,29)/t18-,20-/m1/s1. The Kier molecular flexibility index (Phi) is 6.54. The van der Waals surface area contributed by atoms with Gasteiger partial charge in [0, 0.05) is 25.7 Å². The van der Waals surface area contributed by atoms with Crippen molar-refractivity contribution < 1.29 is 19.1 Å². The van der Waals surface area contributed by atoms with Gasteiger partial charge in [0.25, 0.3) is 0 Å². The van der Waals surface area contributed by atoms with Gasteiger partial charge in [-0.2, -0.15) is 0 Å². The number of benzene rings is 1. The monoisotopic (exact) mass is 424 g/mol. The summed E-state index contributed by atoms with van der Waals surface area (Å²) in [5.41, 5.74) is 0.582. The van der Waals surface area contributed by atoms with Crippen LogP contribution in [0.2, 0.25) is 0 Å². The maximum absolute atomic E-state index is 13.2. The van der Waals surface area contributed by atoms with Gasteiger partial charge in [0.05, 0.1) is 25.0 Å². The molecule has 2 saturated heterocycles. The second-order valence-corrected chi connectivity index (χ2v) is 7.72. The smallest absolute Gasteiger partial charge is 0.322 e. The Balaban J connectivity index is 1.51. The highest BCUT2D eigenvalue weighted by Crippen LogP contribution is 2.28. The number of likely N-dealkylation sites (tertiary alicyclic amines) is 2.